The lowest BCUT2D eigenvalue weighted by Crippen LogP contribution is -1.84. The van der Waals surface area contributed by atoms with Gasteiger partial charge in [0, 0.05) is 63.6 Å². The van der Waals surface area contributed by atoms with Crippen LogP contribution < -0.4 is 0 Å². The second-order valence-electron chi connectivity index (χ2n) is 10.8. The summed E-state index contributed by atoms with van der Waals surface area (Å²) in [5, 5.41) is 0. The van der Waals surface area contributed by atoms with Crippen LogP contribution in [0.4, 0.5) is 0 Å². The molecule has 0 aliphatic carbocycles. The van der Waals surface area contributed by atoms with Gasteiger partial charge in [0.2, 0.25) is 0 Å². The molecule has 0 bridgehead atoms. The Morgan fingerprint density at radius 3 is 0.633 bits per heavy atom. The lowest BCUT2D eigenvalue weighted by molar-refractivity contribution is 1.19. The van der Waals surface area contributed by atoms with Gasteiger partial charge in [-0.05, 0) is 103 Å². The van der Waals surface area contributed by atoms with Gasteiger partial charge >= 0.3 is 0 Å². The number of hydrogen-bond donors (Lipinski definition) is 1. The molecule has 0 radical (unpaired) electrons. The average molecular weight is 759 g/mol. The van der Waals surface area contributed by atoms with Gasteiger partial charge in [-0.1, -0.05) is 143 Å². The Morgan fingerprint density at radius 2 is 0.408 bits per heavy atom. The van der Waals surface area contributed by atoms with Crippen LogP contribution in [0.1, 0.15) is 0 Å². The highest BCUT2D eigenvalue weighted by Crippen LogP contribution is 2.43. The average Bonchev–Trinajstić information content (AvgIpc) is 3.10. The summed E-state index contributed by atoms with van der Waals surface area (Å²) in [5.41, 5.74) is 0. The monoisotopic (exact) mass is 758 g/mol. The quantitative estimate of drug-likeness (QED) is 0.122. The Hall–Kier alpha value is -3.01. The third-order valence-corrected chi connectivity index (χ3v) is 13.0. The first-order valence-electron chi connectivity index (χ1n) is 15.5. The summed E-state index contributed by atoms with van der Waals surface area (Å²) in [5.74, 6) is 0. The largest absolute Gasteiger partial charge is 0.143 e. The molecule has 0 aliphatic rings. The van der Waals surface area contributed by atoms with Crippen molar-refractivity contribution < 1.29 is 0 Å². The van der Waals surface area contributed by atoms with Gasteiger partial charge in [0.25, 0.3) is 0 Å². The van der Waals surface area contributed by atoms with Crippen molar-refractivity contribution in [2.75, 3.05) is 0 Å². The summed E-state index contributed by atoms with van der Waals surface area (Å²) in [4.78, 5) is 15.5. The number of thiol groups is 1. The highest BCUT2D eigenvalue weighted by molar-refractivity contribution is 8.01. The van der Waals surface area contributed by atoms with Crippen LogP contribution in [-0.2, 0) is 0 Å². The first-order chi connectivity index (χ1) is 24.1. The molecule has 0 saturated carbocycles. The van der Waals surface area contributed by atoms with E-state index in [0.717, 1.165) is 4.90 Å². The van der Waals surface area contributed by atoms with Crippen LogP contribution in [0.25, 0.3) is 0 Å². The first-order valence-corrected chi connectivity index (χ1v) is 20.9. The molecule has 0 saturated heterocycles. The smallest absolute Gasteiger partial charge is 0.0144 e. The van der Waals surface area contributed by atoms with Gasteiger partial charge in [-0.3, -0.25) is 0 Å². The Bertz CT molecular complexity index is 1850. The third kappa shape index (κ3) is 10.5. The van der Waals surface area contributed by atoms with E-state index < -0.39 is 0 Å². The summed E-state index contributed by atoms with van der Waals surface area (Å²) in [6, 6.07) is 62.7. The molecule has 0 spiro atoms. The zero-order valence-corrected chi connectivity index (χ0v) is 31.9. The fourth-order valence-electron chi connectivity index (χ4n) is 4.89. The minimum Gasteiger partial charge on any atom is -0.143 e. The molecule has 240 valence electrons. The van der Waals surface area contributed by atoms with Crippen molar-refractivity contribution in [3.63, 3.8) is 0 Å². The molecule has 0 N–H and O–H groups in total. The van der Waals surface area contributed by atoms with Crippen LogP contribution >= 0.6 is 83.2 Å². The number of rotatable bonds is 12. The molecule has 7 aromatic carbocycles. The molecule has 7 aromatic rings. The van der Waals surface area contributed by atoms with E-state index >= 15 is 0 Å². The van der Waals surface area contributed by atoms with Gasteiger partial charge in [-0.2, -0.15) is 0 Å². The minimum atomic E-state index is 0.954. The van der Waals surface area contributed by atoms with Gasteiger partial charge in [-0.15, -0.1) is 12.6 Å². The van der Waals surface area contributed by atoms with E-state index in [-0.39, 0.29) is 0 Å². The molecule has 0 atom stereocenters. The highest BCUT2D eigenvalue weighted by Gasteiger charge is 2.11. The Morgan fingerprint density at radius 1 is 0.224 bits per heavy atom. The van der Waals surface area contributed by atoms with Crippen molar-refractivity contribution in [1.29, 1.82) is 0 Å². The van der Waals surface area contributed by atoms with Crippen LogP contribution in [0.5, 0.6) is 0 Å². The second kappa shape index (κ2) is 17.3. The molecule has 49 heavy (non-hydrogen) atoms. The molecule has 0 amide bonds. The summed E-state index contributed by atoms with van der Waals surface area (Å²) < 4.78 is 0. The minimum absolute atomic E-state index is 0.954. The van der Waals surface area contributed by atoms with Crippen molar-refractivity contribution in [3.05, 3.63) is 176 Å². The molecule has 0 nitrogen and oxygen atoms in total. The summed E-state index contributed by atoms with van der Waals surface area (Å²) in [6.07, 6.45) is 0. The van der Waals surface area contributed by atoms with Crippen molar-refractivity contribution in [2.45, 2.75) is 63.6 Å². The van der Waals surface area contributed by atoms with Gasteiger partial charge in [0.15, 0.2) is 0 Å². The zero-order chi connectivity index (χ0) is 33.3. The molecule has 0 heterocycles. The molecule has 0 fully saturated rings. The summed E-state index contributed by atoms with van der Waals surface area (Å²) in [7, 11) is 0. The lowest BCUT2D eigenvalue weighted by Gasteiger charge is -2.12. The lowest BCUT2D eigenvalue weighted by atomic mass is 10.3. The van der Waals surface area contributed by atoms with Gasteiger partial charge in [0.05, 0.1) is 0 Å². The molecule has 7 heteroatoms. The highest BCUT2D eigenvalue weighted by atomic mass is 32.2. The molecule has 7 rings (SSSR count). The summed E-state index contributed by atoms with van der Waals surface area (Å²) in [6.45, 7) is 0. The maximum Gasteiger partial charge on any atom is 0.0144 e. The van der Waals surface area contributed by atoms with Crippen LogP contribution in [0.2, 0.25) is 0 Å². The van der Waals surface area contributed by atoms with Crippen LogP contribution in [0.3, 0.4) is 0 Å². The fraction of sp³-hybridized carbons (Fsp3) is 0. The normalized spacial score (nSPS) is 11.0. The molecule has 0 aromatic heterocycles. The second-order valence-corrected chi connectivity index (χ2v) is 18.2. The topological polar surface area (TPSA) is 0 Å². The molecule has 0 unspecified atom stereocenters. The van der Waals surface area contributed by atoms with E-state index in [2.05, 4.69) is 176 Å². The Labute approximate surface area is 320 Å². The van der Waals surface area contributed by atoms with Crippen LogP contribution in [-0.4, -0.2) is 0 Å². The molecular formula is C42H30S7. The van der Waals surface area contributed by atoms with E-state index in [1.807, 2.05) is 0 Å². The zero-order valence-electron chi connectivity index (χ0n) is 26.1. The Balaban J connectivity index is 1.17. The van der Waals surface area contributed by atoms with E-state index in [1.165, 1.54) is 58.7 Å². The SMILES string of the molecule is Sc1cc(Sc2cc(Sc3ccccc3)cc(Sc3ccccc3)c2)cc(Sc2cc(Sc3ccccc3)cc(Sc3ccccc3)c2)c1. The van der Waals surface area contributed by atoms with E-state index in [1.54, 1.807) is 70.6 Å². The third-order valence-electron chi connectivity index (χ3n) is 6.96. The van der Waals surface area contributed by atoms with Crippen molar-refractivity contribution in [1.82, 2.24) is 0 Å². The first kappa shape index (κ1) is 34.4. The van der Waals surface area contributed by atoms with Crippen molar-refractivity contribution in [2.24, 2.45) is 0 Å². The molecule has 0 aliphatic heterocycles. The predicted octanol–water partition coefficient (Wildman–Crippen LogP) is 14.9. The van der Waals surface area contributed by atoms with Crippen LogP contribution in [0.15, 0.2) is 240 Å². The van der Waals surface area contributed by atoms with E-state index in [4.69, 9.17) is 12.6 Å². The summed E-state index contributed by atoms with van der Waals surface area (Å²) >= 11 is 15.6. The number of benzene rings is 7. The van der Waals surface area contributed by atoms with Gasteiger partial charge < -0.3 is 0 Å². The van der Waals surface area contributed by atoms with Crippen molar-refractivity contribution in [3.8, 4) is 0 Å². The molecular weight excluding hydrogens is 729 g/mol. The predicted molar refractivity (Wildman–Crippen MR) is 217 cm³/mol. The maximum absolute atomic E-state index is 4.86. The van der Waals surface area contributed by atoms with Crippen molar-refractivity contribution >= 4 is 83.2 Å². The fourth-order valence-corrected chi connectivity index (χ4v) is 11.6. The standard InChI is InChI=1S/C42H30S7/c43-30-21-35(48-41-26-37(44-31-13-5-1-6-14-31)24-38(27-41)45-32-15-7-2-8-16-32)23-36(22-30)49-42-28-39(46-33-17-9-3-10-18-33)25-40(29-42)47-34-19-11-4-12-20-34/h1-29,43H. The Kier molecular flexibility index (Phi) is 12.1. The van der Waals surface area contributed by atoms with Gasteiger partial charge in [-0.25, -0.2) is 0 Å². The maximum atomic E-state index is 4.86. The van der Waals surface area contributed by atoms with Crippen LogP contribution in [0, 0.1) is 0 Å². The number of hydrogen-bond acceptors (Lipinski definition) is 7. The van der Waals surface area contributed by atoms with E-state index in [9.17, 15) is 0 Å². The van der Waals surface area contributed by atoms with E-state index in [0.29, 0.717) is 0 Å². The van der Waals surface area contributed by atoms with Gasteiger partial charge in [0.1, 0.15) is 0 Å².